The van der Waals surface area contributed by atoms with Crippen LogP contribution >= 0.6 is 0 Å². The molecule has 100 valence electrons. The van der Waals surface area contributed by atoms with Crippen molar-refractivity contribution in [2.45, 2.75) is 37.5 Å². The van der Waals surface area contributed by atoms with Crippen LogP contribution in [0.25, 0.3) is 0 Å². The van der Waals surface area contributed by atoms with Crippen LogP contribution in [0, 0.1) is 0 Å². The summed E-state index contributed by atoms with van der Waals surface area (Å²) in [5, 5.41) is 11.8. The zero-order valence-corrected chi connectivity index (χ0v) is 10.3. The van der Waals surface area contributed by atoms with Crippen molar-refractivity contribution in [2.75, 3.05) is 0 Å². The summed E-state index contributed by atoms with van der Waals surface area (Å²) in [6.07, 6.45) is 3.32. The number of hydrogen-bond donors (Lipinski definition) is 2. The van der Waals surface area contributed by atoms with Crippen LogP contribution in [0.4, 0.5) is 0 Å². The van der Waals surface area contributed by atoms with E-state index in [9.17, 15) is 9.59 Å². The van der Waals surface area contributed by atoms with Gasteiger partial charge in [-0.3, -0.25) is 4.79 Å². The molecule has 5 heteroatoms. The lowest BCUT2D eigenvalue weighted by atomic mass is 9.95. The highest BCUT2D eigenvalue weighted by Gasteiger charge is 2.41. The van der Waals surface area contributed by atoms with Gasteiger partial charge in [0.2, 0.25) is 0 Å². The number of nitrogens with one attached hydrogen (secondary N) is 1. The van der Waals surface area contributed by atoms with Gasteiger partial charge in [0.25, 0.3) is 5.91 Å². The number of fused-ring (bicyclic) bond motifs is 2. The van der Waals surface area contributed by atoms with Gasteiger partial charge in [-0.2, -0.15) is 0 Å². The van der Waals surface area contributed by atoms with Gasteiger partial charge in [0.05, 0.1) is 23.8 Å². The molecule has 1 aromatic carbocycles. The lowest BCUT2D eigenvalue weighted by molar-refractivity contribution is 0.0697. The smallest absolute Gasteiger partial charge is 0.335 e. The summed E-state index contributed by atoms with van der Waals surface area (Å²) < 4.78 is 5.67. The van der Waals surface area contributed by atoms with Gasteiger partial charge in [-0.05, 0) is 37.5 Å². The monoisotopic (exact) mass is 261 g/mol. The van der Waals surface area contributed by atoms with E-state index in [2.05, 4.69) is 5.32 Å². The molecule has 19 heavy (non-hydrogen) atoms. The van der Waals surface area contributed by atoms with E-state index in [1.165, 1.54) is 12.1 Å². The minimum atomic E-state index is -1.03. The number of rotatable bonds is 3. The Kier molecular flexibility index (Phi) is 2.98. The molecule has 0 spiro atoms. The molecule has 2 aliphatic rings. The molecule has 2 aliphatic heterocycles. The fourth-order valence-electron chi connectivity index (χ4n) is 2.83. The van der Waals surface area contributed by atoms with Gasteiger partial charge in [0.15, 0.2) is 0 Å². The van der Waals surface area contributed by atoms with Crippen molar-refractivity contribution in [1.29, 1.82) is 0 Å². The number of carboxylic acids is 1. The zero-order chi connectivity index (χ0) is 13.4. The molecular formula is C14H15NO4. The molecule has 1 amide bonds. The maximum absolute atomic E-state index is 12.1. The van der Waals surface area contributed by atoms with E-state index in [0.717, 1.165) is 19.3 Å². The molecule has 2 N–H and O–H groups in total. The Hall–Kier alpha value is -1.88. The molecule has 2 bridgehead atoms. The van der Waals surface area contributed by atoms with Crippen molar-refractivity contribution in [2.24, 2.45) is 0 Å². The SMILES string of the molecule is O=C(O)c1cccc(C(=O)NC2CC3CCC2O3)c1. The average molecular weight is 261 g/mol. The highest BCUT2D eigenvalue weighted by molar-refractivity contribution is 5.97. The van der Waals surface area contributed by atoms with E-state index < -0.39 is 5.97 Å². The van der Waals surface area contributed by atoms with E-state index >= 15 is 0 Å². The summed E-state index contributed by atoms with van der Waals surface area (Å²) in [6.45, 7) is 0. The first-order chi connectivity index (χ1) is 9.13. The first-order valence-electron chi connectivity index (χ1n) is 6.43. The first kappa shape index (κ1) is 12.2. The fraction of sp³-hybridized carbons (Fsp3) is 0.429. The summed E-state index contributed by atoms with van der Waals surface area (Å²) in [5.74, 6) is -1.26. The molecule has 2 fully saturated rings. The molecule has 0 aromatic heterocycles. The Bertz CT molecular complexity index is 528. The molecule has 1 aromatic rings. The molecule has 0 saturated carbocycles. The molecule has 2 heterocycles. The standard InChI is InChI=1S/C14H15NO4/c16-13(8-2-1-3-9(6-8)14(17)18)15-11-7-10-4-5-12(11)19-10/h1-3,6,10-12H,4-5,7H2,(H,15,16)(H,17,18). The van der Waals surface area contributed by atoms with Crippen LogP contribution in [0.1, 0.15) is 40.0 Å². The van der Waals surface area contributed by atoms with E-state index in [1.54, 1.807) is 12.1 Å². The molecule has 2 saturated heterocycles. The van der Waals surface area contributed by atoms with E-state index in [0.29, 0.717) is 5.56 Å². The second kappa shape index (κ2) is 4.66. The van der Waals surface area contributed by atoms with Crippen molar-refractivity contribution < 1.29 is 19.4 Å². The van der Waals surface area contributed by atoms with Gasteiger partial charge in [-0.1, -0.05) is 6.07 Å². The quantitative estimate of drug-likeness (QED) is 0.863. The maximum atomic E-state index is 12.1. The van der Waals surface area contributed by atoms with Crippen molar-refractivity contribution in [3.8, 4) is 0 Å². The predicted molar refractivity (Wildman–Crippen MR) is 67.2 cm³/mol. The average Bonchev–Trinajstić information content (AvgIpc) is 3.01. The lowest BCUT2D eigenvalue weighted by Crippen LogP contribution is -2.41. The Morgan fingerprint density at radius 3 is 2.68 bits per heavy atom. The normalized spacial score (nSPS) is 28.3. The topological polar surface area (TPSA) is 75.6 Å². The van der Waals surface area contributed by atoms with Crippen LogP contribution in [0.5, 0.6) is 0 Å². The van der Waals surface area contributed by atoms with Crippen molar-refractivity contribution in [3.63, 3.8) is 0 Å². The number of aromatic carboxylic acids is 1. The number of carboxylic acid groups (broad SMARTS) is 1. The summed E-state index contributed by atoms with van der Waals surface area (Å²) >= 11 is 0. The summed E-state index contributed by atoms with van der Waals surface area (Å²) in [6, 6.07) is 6.12. The van der Waals surface area contributed by atoms with Crippen LogP contribution < -0.4 is 5.32 Å². The molecule has 3 atom stereocenters. The zero-order valence-electron chi connectivity index (χ0n) is 10.3. The van der Waals surface area contributed by atoms with Crippen molar-refractivity contribution >= 4 is 11.9 Å². The second-order valence-corrected chi connectivity index (χ2v) is 5.08. The Morgan fingerprint density at radius 2 is 2.05 bits per heavy atom. The number of hydrogen-bond acceptors (Lipinski definition) is 3. The Labute approximate surface area is 110 Å². The van der Waals surface area contributed by atoms with Crippen LogP contribution in [0.2, 0.25) is 0 Å². The number of amides is 1. The largest absolute Gasteiger partial charge is 0.478 e. The first-order valence-corrected chi connectivity index (χ1v) is 6.43. The van der Waals surface area contributed by atoms with Gasteiger partial charge in [0, 0.05) is 5.56 Å². The van der Waals surface area contributed by atoms with Crippen LogP contribution in [-0.4, -0.2) is 35.2 Å². The molecule has 0 aliphatic carbocycles. The second-order valence-electron chi connectivity index (χ2n) is 5.08. The van der Waals surface area contributed by atoms with Crippen LogP contribution in [0.15, 0.2) is 24.3 Å². The Balaban J connectivity index is 1.70. The van der Waals surface area contributed by atoms with Gasteiger partial charge in [0.1, 0.15) is 0 Å². The summed E-state index contributed by atoms with van der Waals surface area (Å²) in [4.78, 5) is 23.0. The molecule has 5 nitrogen and oxygen atoms in total. The highest BCUT2D eigenvalue weighted by Crippen LogP contribution is 2.34. The number of carbonyl (C=O) groups is 2. The molecule has 3 rings (SSSR count). The summed E-state index contributed by atoms with van der Waals surface area (Å²) in [5.41, 5.74) is 0.500. The van der Waals surface area contributed by atoms with Gasteiger partial charge < -0.3 is 15.2 Å². The van der Waals surface area contributed by atoms with Gasteiger partial charge in [-0.25, -0.2) is 4.79 Å². The third kappa shape index (κ3) is 2.33. The minimum Gasteiger partial charge on any atom is -0.478 e. The minimum absolute atomic E-state index is 0.0553. The molecule has 0 radical (unpaired) electrons. The number of ether oxygens (including phenoxy) is 1. The van der Waals surface area contributed by atoms with Crippen molar-refractivity contribution in [1.82, 2.24) is 5.32 Å². The Morgan fingerprint density at radius 1 is 1.26 bits per heavy atom. The van der Waals surface area contributed by atoms with Gasteiger partial charge in [-0.15, -0.1) is 0 Å². The maximum Gasteiger partial charge on any atom is 0.335 e. The van der Waals surface area contributed by atoms with Crippen LogP contribution in [0.3, 0.4) is 0 Å². The number of benzene rings is 1. The van der Waals surface area contributed by atoms with E-state index in [4.69, 9.17) is 9.84 Å². The van der Waals surface area contributed by atoms with Crippen molar-refractivity contribution in [3.05, 3.63) is 35.4 Å². The van der Waals surface area contributed by atoms with E-state index in [1.807, 2.05) is 0 Å². The third-order valence-electron chi connectivity index (χ3n) is 3.79. The summed E-state index contributed by atoms with van der Waals surface area (Å²) in [7, 11) is 0. The molecular weight excluding hydrogens is 246 g/mol. The highest BCUT2D eigenvalue weighted by atomic mass is 16.5. The number of carbonyl (C=O) groups excluding carboxylic acids is 1. The van der Waals surface area contributed by atoms with Crippen LogP contribution in [-0.2, 0) is 4.74 Å². The molecule has 3 unspecified atom stereocenters. The lowest BCUT2D eigenvalue weighted by Gasteiger charge is -2.20. The van der Waals surface area contributed by atoms with Gasteiger partial charge >= 0.3 is 5.97 Å². The predicted octanol–water partition coefficient (Wildman–Crippen LogP) is 1.43. The fourth-order valence-corrected chi connectivity index (χ4v) is 2.83. The van der Waals surface area contributed by atoms with E-state index in [-0.39, 0.29) is 29.7 Å². The third-order valence-corrected chi connectivity index (χ3v) is 3.79.